The summed E-state index contributed by atoms with van der Waals surface area (Å²) in [6, 6.07) is 5.25. The zero-order valence-corrected chi connectivity index (χ0v) is 12.1. The first-order valence-corrected chi connectivity index (χ1v) is 8.01. The Morgan fingerprint density at radius 1 is 1.37 bits per heavy atom. The van der Waals surface area contributed by atoms with Crippen LogP contribution >= 0.6 is 11.3 Å². The van der Waals surface area contributed by atoms with Crippen molar-refractivity contribution in [3.05, 3.63) is 41.5 Å². The molecule has 2 heterocycles. The second-order valence-electron chi connectivity index (χ2n) is 4.13. The van der Waals surface area contributed by atoms with Gasteiger partial charge in [0.05, 0.1) is 0 Å². The average molecular weight is 297 g/mol. The molecule has 0 amide bonds. The molecule has 0 saturated carbocycles. The van der Waals surface area contributed by atoms with E-state index in [1.807, 2.05) is 12.1 Å². The Balaban J connectivity index is 2.05. The summed E-state index contributed by atoms with van der Waals surface area (Å²) in [6.07, 6.45) is 4.05. The molecule has 2 N–H and O–H groups in total. The van der Waals surface area contributed by atoms with Gasteiger partial charge in [-0.2, -0.15) is 4.31 Å². The first-order valence-electron chi connectivity index (χ1n) is 5.69. The van der Waals surface area contributed by atoms with E-state index in [1.54, 1.807) is 24.8 Å². The molecule has 0 aliphatic rings. The Kier molecular flexibility index (Phi) is 4.18. The molecule has 2 aromatic rings. The van der Waals surface area contributed by atoms with Crippen LogP contribution in [0.5, 0.6) is 0 Å². The fraction of sp³-hybridized carbons (Fsp3) is 0.250. The average Bonchev–Trinajstić information content (AvgIpc) is 2.84. The molecule has 5 nitrogen and oxygen atoms in total. The summed E-state index contributed by atoms with van der Waals surface area (Å²) in [6.45, 7) is 0.421. The Bertz CT molecular complexity index is 638. The number of hydrogen-bond acceptors (Lipinski definition) is 5. The lowest BCUT2D eigenvalue weighted by molar-refractivity contribution is 0.474. The summed E-state index contributed by atoms with van der Waals surface area (Å²) in [7, 11) is -1.86. The maximum absolute atomic E-state index is 12.2. The van der Waals surface area contributed by atoms with Crippen LogP contribution in [0, 0.1) is 0 Å². The third-order valence-electron chi connectivity index (χ3n) is 2.72. The summed E-state index contributed by atoms with van der Waals surface area (Å²) in [5.74, 6) is 0. The molecule has 2 aromatic heterocycles. The van der Waals surface area contributed by atoms with Gasteiger partial charge in [0, 0.05) is 37.1 Å². The van der Waals surface area contributed by atoms with Crippen LogP contribution in [0.1, 0.15) is 5.56 Å². The van der Waals surface area contributed by atoms with Gasteiger partial charge < -0.3 is 5.73 Å². The van der Waals surface area contributed by atoms with Gasteiger partial charge in [-0.05, 0) is 30.2 Å². The van der Waals surface area contributed by atoms with Crippen molar-refractivity contribution in [3.63, 3.8) is 0 Å². The van der Waals surface area contributed by atoms with Gasteiger partial charge in [-0.3, -0.25) is 4.98 Å². The minimum absolute atomic E-state index is 0.280. The van der Waals surface area contributed by atoms with E-state index in [4.69, 9.17) is 5.73 Å². The molecule has 0 aliphatic heterocycles. The van der Waals surface area contributed by atoms with Crippen molar-refractivity contribution in [1.29, 1.82) is 0 Å². The van der Waals surface area contributed by atoms with Gasteiger partial charge in [-0.25, -0.2) is 8.42 Å². The number of pyridine rings is 1. The zero-order chi connectivity index (χ0) is 13.9. The van der Waals surface area contributed by atoms with Gasteiger partial charge in [0.15, 0.2) is 0 Å². The monoisotopic (exact) mass is 297 g/mol. The number of anilines is 1. The lowest BCUT2D eigenvalue weighted by Crippen LogP contribution is -2.28. The maximum Gasteiger partial charge on any atom is 0.252 e. The molecule has 0 aromatic carbocycles. The van der Waals surface area contributed by atoms with Gasteiger partial charge in [0.25, 0.3) is 10.0 Å². The fourth-order valence-corrected chi connectivity index (χ4v) is 4.04. The molecule has 0 bridgehead atoms. The Hall–Kier alpha value is -1.44. The smallest absolute Gasteiger partial charge is 0.252 e. The lowest BCUT2D eigenvalue weighted by atomic mass is 10.2. The number of likely N-dealkylation sites (N-methyl/N-ethyl adjacent to an activating group) is 1. The number of thiophene rings is 1. The summed E-state index contributed by atoms with van der Waals surface area (Å²) in [5, 5.41) is 1.63. The number of aromatic nitrogens is 1. The number of nitrogens with zero attached hydrogens (tertiary/aromatic N) is 2. The van der Waals surface area contributed by atoms with Crippen LogP contribution in [0.2, 0.25) is 0 Å². The Morgan fingerprint density at radius 3 is 2.63 bits per heavy atom. The fourth-order valence-electron chi connectivity index (χ4n) is 1.58. The van der Waals surface area contributed by atoms with E-state index in [0.717, 1.165) is 16.9 Å². The standard InChI is InChI=1S/C12H15N3O2S2/c1-15(7-4-10-2-5-14-6-3-10)19(16,17)12-8-11(13)9-18-12/h2-3,5-6,8-9H,4,7,13H2,1H3. The van der Waals surface area contributed by atoms with Crippen molar-refractivity contribution in [2.45, 2.75) is 10.6 Å². The molecule has 2 rings (SSSR count). The minimum Gasteiger partial charge on any atom is -0.398 e. The summed E-state index contributed by atoms with van der Waals surface area (Å²) < 4.78 is 26.1. The van der Waals surface area contributed by atoms with Gasteiger partial charge in [-0.1, -0.05) is 0 Å². The number of hydrogen-bond donors (Lipinski definition) is 1. The van der Waals surface area contributed by atoms with Gasteiger partial charge in [-0.15, -0.1) is 11.3 Å². The predicted octanol–water partition coefficient (Wildman–Crippen LogP) is 1.59. The molecular weight excluding hydrogens is 282 g/mol. The van der Waals surface area contributed by atoms with E-state index in [-0.39, 0.29) is 4.21 Å². The van der Waals surface area contributed by atoms with Gasteiger partial charge in [0.1, 0.15) is 4.21 Å². The number of rotatable bonds is 5. The lowest BCUT2D eigenvalue weighted by Gasteiger charge is -2.15. The zero-order valence-electron chi connectivity index (χ0n) is 10.5. The largest absolute Gasteiger partial charge is 0.398 e. The van der Waals surface area contributed by atoms with Crippen LogP contribution in [0.15, 0.2) is 40.2 Å². The third-order valence-corrected chi connectivity index (χ3v) is 6.02. The van der Waals surface area contributed by atoms with Crippen molar-refractivity contribution in [2.75, 3.05) is 19.3 Å². The Labute approximate surface area is 116 Å². The normalized spacial score (nSPS) is 11.9. The number of nitrogens with two attached hydrogens (primary N) is 1. The quantitative estimate of drug-likeness (QED) is 0.909. The van der Waals surface area contributed by atoms with Gasteiger partial charge in [0.2, 0.25) is 0 Å². The van der Waals surface area contributed by atoms with Crippen LogP contribution in [-0.2, 0) is 16.4 Å². The second kappa shape index (κ2) is 5.68. The number of nitrogen functional groups attached to an aromatic ring is 1. The molecule has 0 aliphatic carbocycles. The summed E-state index contributed by atoms with van der Waals surface area (Å²) in [5.41, 5.74) is 7.10. The van der Waals surface area contributed by atoms with Crippen molar-refractivity contribution in [1.82, 2.24) is 9.29 Å². The molecule has 19 heavy (non-hydrogen) atoms. The highest BCUT2D eigenvalue weighted by atomic mass is 32.2. The highest BCUT2D eigenvalue weighted by Crippen LogP contribution is 2.24. The molecule has 0 radical (unpaired) electrons. The van der Waals surface area contributed by atoms with E-state index >= 15 is 0 Å². The number of sulfonamides is 1. The molecule has 0 spiro atoms. The first-order chi connectivity index (χ1) is 9.00. The van der Waals surface area contributed by atoms with Crippen LogP contribution in [0.25, 0.3) is 0 Å². The molecule has 0 unspecified atom stereocenters. The third kappa shape index (κ3) is 3.31. The van der Waals surface area contributed by atoms with Crippen LogP contribution in [0.4, 0.5) is 5.69 Å². The molecule has 7 heteroatoms. The SMILES string of the molecule is CN(CCc1ccncc1)S(=O)(=O)c1cc(N)cs1. The highest BCUT2D eigenvalue weighted by Gasteiger charge is 2.22. The van der Waals surface area contributed by atoms with Crippen molar-refractivity contribution >= 4 is 27.0 Å². The Morgan fingerprint density at radius 2 is 2.05 bits per heavy atom. The van der Waals surface area contributed by atoms with Crippen LogP contribution < -0.4 is 5.73 Å². The second-order valence-corrected chi connectivity index (χ2v) is 7.31. The van der Waals surface area contributed by atoms with E-state index in [1.165, 1.54) is 10.4 Å². The molecule has 0 fully saturated rings. The van der Waals surface area contributed by atoms with Gasteiger partial charge >= 0.3 is 0 Å². The van der Waals surface area contributed by atoms with E-state index < -0.39 is 10.0 Å². The van der Waals surface area contributed by atoms with E-state index in [0.29, 0.717) is 18.7 Å². The topological polar surface area (TPSA) is 76.3 Å². The molecule has 0 saturated heterocycles. The van der Waals surface area contributed by atoms with Crippen molar-refractivity contribution in [3.8, 4) is 0 Å². The molecule has 102 valence electrons. The summed E-state index contributed by atoms with van der Waals surface area (Å²) >= 11 is 1.14. The maximum atomic E-state index is 12.2. The molecular formula is C12H15N3O2S2. The van der Waals surface area contributed by atoms with Crippen LogP contribution in [-0.4, -0.2) is 31.3 Å². The first kappa shape index (κ1) is 14.0. The minimum atomic E-state index is -3.43. The van der Waals surface area contributed by atoms with Crippen molar-refractivity contribution in [2.24, 2.45) is 0 Å². The van der Waals surface area contributed by atoms with Crippen LogP contribution in [0.3, 0.4) is 0 Å². The van der Waals surface area contributed by atoms with E-state index in [2.05, 4.69) is 4.98 Å². The highest BCUT2D eigenvalue weighted by molar-refractivity contribution is 7.91. The predicted molar refractivity (Wildman–Crippen MR) is 76.5 cm³/mol. The summed E-state index contributed by atoms with van der Waals surface area (Å²) in [4.78, 5) is 3.93. The van der Waals surface area contributed by atoms with E-state index in [9.17, 15) is 8.42 Å². The molecule has 0 atom stereocenters. The van der Waals surface area contributed by atoms with Crippen molar-refractivity contribution < 1.29 is 8.42 Å².